The van der Waals surface area contributed by atoms with Gasteiger partial charge in [0.05, 0.1) is 16.8 Å². The molecule has 1 heterocycles. The first-order valence-electron chi connectivity index (χ1n) is 4.75. The van der Waals surface area contributed by atoms with Gasteiger partial charge in [0, 0.05) is 6.20 Å². The number of pyridine rings is 1. The van der Waals surface area contributed by atoms with Crippen molar-refractivity contribution in [1.29, 1.82) is 0 Å². The fraction of sp³-hybridized carbons (Fsp3) is 0.500. The summed E-state index contributed by atoms with van der Waals surface area (Å²) in [5.41, 5.74) is 4.28. The molecule has 1 aromatic rings. The third-order valence-corrected chi connectivity index (χ3v) is 2.83. The normalized spacial score (nSPS) is 19.7. The molecular weight excluding hydrogens is 205 g/mol. The lowest BCUT2D eigenvalue weighted by molar-refractivity contribution is -0.139. The molecule has 2 rings (SSSR count). The molecule has 0 unspecified atom stereocenters. The van der Waals surface area contributed by atoms with Crippen LogP contribution in [0.4, 0.5) is 13.2 Å². The fourth-order valence-corrected chi connectivity index (χ4v) is 1.83. The van der Waals surface area contributed by atoms with Crippen LogP contribution in [0.2, 0.25) is 0 Å². The lowest BCUT2D eigenvalue weighted by atomic mass is 9.73. The van der Waals surface area contributed by atoms with Gasteiger partial charge in [-0.05, 0) is 31.4 Å². The Morgan fingerprint density at radius 2 is 2.00 bits per heavy atom. The van der Waals surface area contributed by atoms with Gasteiger partial charge in [-0.25, -0.2) is 0 Å². The van der Waals surface area contributed by atoms with Crippen molar-refractivity contribution in [3.05, 3.63) is 29.6 Å². The van der Waals surface area contributed by atoms with Crippen LogP contribution in [0.5, 0.6) is 0 Å². The maximum Gasteiger partial charge on any atom is 0.418 e. The number of hydrogen-bond acceptors (Lipinski definition) is 2. The van der Waals surface area contributed by atoms with Crippen LogP contribution in [0.1, 0.15) is 30.5 Å². The number of nitrogens with zero attached hydrogens (tertiary/aromatic N) is 1. The molecular formula is C10H11F3N2. The number of hydrogen-bond donors (Lipinski definition) is 1. The highest BCUT2D eigenvalue weighted by atomic mass is 19.4. The summed E-state index contributed by atoms with van der Waals surface area (Å²) >= 11 is 0. The van der Waals surface area contributed by atoms with Gasteiger partial charge in [-0.1, -0.05) is 0 Å². The second-order valence-electron chi connectivity index (χ2n) is 3.91. The summed E-state index contributed by atoms with van der Waals surface area (Å²) in [5.74, 6) is 0. The first-order valence-corrected chi connectivity index (χ1v) is 4.75. The minimum absolute atomic E-state index is 0.0104. The average molecular weight is 216 g/mol. The second-order valence-corrected chi connectivity index (χ2v) is 3.91. The molecule has 15 heavy (non-hydrogen) atoms. The molecule has 1 saturated carbocycles. The molecule has 1 aromatic heterocycles. The van der Waals surface area contributed by atoms with E-state index in [0.29, 0.717) is 12.8 Å². The highest BCUT2D eigenvalue weighted by molar-refractivity contribution is 5.30. The fourth-order valence-electron chi connectivity index (χ4n) is 1.83. The Bertz CT molecular complexity index is 369. The third kappa shape index (κ3) is 1.71. The Balaban J connectivity index is 2.47. The van der Waals surface area contributed by atoms with Gasteiger partial charge < -0.3 is 5.73 Å². The van der Waals surface area contributed by atoms with E-state index in [-0.39, 0.29) is 5.69 Å². The van der Waals surface area contributed by atoms with E-state index >= 15 is 0 Å². The molecule has 0 saturated heterocycles. The van der Waals surface area contributed by atoms with Crippen molar-refractivity contribution in [2.75, 3.05) is 0 Å². The molecule has 0 spiro atoms. The van der Waals surface area contributed by atoms with E-state index in [2.05, 4.69) is 4.98 Å². The molecule has 1 aliphatic carbocycles. The highest BCUT2D eigenvalue weighted by Gasteiger charge is 2.43. The largest absolute Gasteiger partial charge is 0.418 e. The summed E-state index contributed by atoms with van der Waals surface area (Å²) < 4.78 is 37.9. The highest BCUT2D eigenvalue weighted by Crippen LogP contribution is 2.43. The van der Waals surface area contributed by atoms with E-state index in [4.69, 9.17) is 5.73 Å². The Kier molecular flexibility index (Phi) is 2.22. The quantitative estimate of drug-likeness (QED) is 0.783. The maximum absolute atomic E-state index is 12.6. The van der Waals surface area contributed by atoms with Gasteiger partial charge in [0.25, 0.3) is 0 Å². The monoisotopic (exact) mass is 216 g/mol. The van der Waals surface area contributed by atoms with Gasteiger partial charge in [-0.15, -0.1) is 0 Å². The van der Waals surface area contributed by atoms with Crippen molar-refractivity contribution < 1.29 is 13.2 Å². The minimum Gasteiger partial charge on any atom is -0.320 e. The third-order valence-electron chi connectivity index (χ3n) is 2.83. The number of aromatic nitrogens is 1. The van der Waals surface area contributed by atoms with Gasteiger partial charge >= 0.3 is 6.18 Å². The summed E-state index contributed by atoms with van der Waals surface area (Å²) in [6, 6.07) is 2.32. The van der Waals surface area contributed by atoms with Crippen molar-refractivity contribution in [1.82, 2.24) is 4.98 Å². The summed E-state index contributed by atoms with van der Waals surface area (Å²) in [6.07, 6.45) is -0.992. The Labute approximate surface area is 85.3 Å². The van der Waals surface area contributed by atoms with Gasteiger partial charge in [-0.2, -0.15) is 13.2 Å². The van der Waals surface area contributed by atoms with Crippen LogP contribution in [-0.4, -0.2) is 4.98 Å². The lowest BCUT2D eigenvalue weighted by Crippen LogP contribution is -2.45. The predicted molar refractivity (Wildman–Crippen MR) is 49.0 cm³/mol. The van der Waals surface area contributed by atoms with Crippen molar-refractivity contribution in [3.63, 3.8) is 0 Å². The molecule has 5 heteroatoms. The molecule has 82 valence electrons. The minimum atomic E-state index is -4.37. The SMILES string of the molecule is NC1(c2ncccc2C(F)(F)F)CCC1. The van der Waals surface area contributed by atoms with Gasteiger partial charge in [-0.3, -0.25) is 4.98 Å². The van der Waals surface area contributed by atoms with Gasteiger partial charge in [0.15, 0.2) is 0 Å². The smallest absolute Gasteiger partial charge is 0.320 e. The van der Waals surface area contributed by atoms with Crippen LogP contribution in [0.15, 0.2) is 18.3 Å². The molecule has 0 bridgehead atoms. The number of nitrogens with two attached hydrogens (primary N) is 1. The molecule has 2 nitrogen and oxygen atoms in total. The summed E-state index contributed by atoms with van der Waals surface area (Å²) in [6.45, 7) is 0. The second kappa shape index (κ2) is 3.20. The lowest BCUT2D eigenvalue weighted by Gasteiger charge is -2.38. The van der Waals surface area contributed by atoms with Crippen molar-refractivity contribution in [2.45, 2.75) is 31.0 Å². The first-order chi connectivity index (χ1) is 6.93. The van der Waals surface area contributed by atoms with Crippen LogP contribution in [0.3, 0.4) is 0 Å². The predicted octanol–water partition coefficient (Wildman–Crippen LogP) is 2.44. The standard InChI is InChI=1S/C10H11F3N2/c11-10(12,13)7-3-1-6-15-8(7)9(14)4-2-5-9/h1,3,6H,2,4-5,14H2. The zero-order valence-corrected chi connectivity index (χ0v) is 8.01. The van der Waals surface area contributed by atoms with E-state index in [1.54, 1.807) is 0 Å². The van der Waals surface area contributed by atoms with E-state index < -0.39 is 17.3 Å². The maximum atomic E-state index is 12.6. The number of rotatable bonds is 1. The van der Waals surface area contributed by atoms with E-state index in [9.17, 15) is 13.2 Å². The van der Waals surface area contributed by atoms with Crippen molar-refractivity contribution in [2.24, 2.45) is 5.73 Å². The Morgan fingerprint density at radius 1 is 1.33 bits per heavy atom. The number of alkyl halides is 3. The molecule has 0 aliphatic heterocycles. The first kappa shape index (κ1) is 10.4. The topological polar surface area (TPSA) is 38.9 Å². The van der Waals surface area contributed by atoms with Crippen molar-refractivity contribution in [3.8, 4) is 0 Å². The molecule has 1 fully saturated rings. The molecule has 2 N–H and O–H groups in total. The van der Waals surface area contributed by atoms with Crippen LogP contribution in [0.25, 0.3) is 0 Å². The number of halogens is 3. The molecule has 1 aliphatic rings. The van der Waals surface area contributed by atoms with Crippen LogP contribution < -0.4 is 5.73 Å². The molecule has 0 amide bonds. The summed E-state index contributed by atoms with van der Waals surface area (Å²) in [7, 11) is 0. The molecule has 0 radical (unpaired) electrons. The van der Waals surface area contributed by atoms with Gasteiger partial charge in [0.1, 0.15) is 0 Å². The van der Waals surface area contributed by atoms with E-state index in [1.807, 2.05) is 0 Å². The van der Waals surface area contributed by atoms with Crippen LogP contribution >= 0.6 is 0 Å². The summed E-state index contributed by atoms with van der Waals surface area (Å²) in [5, 5.41) is 0. The zero-order chi connectivity index (χ0) is 11.1. The van der Waals surface area contributed by atoms with Crippen LogP contribution in [-0.2, 0) is 11.7 Å². The van der Waals surface area contributed by atoms with Crippen molar-refractivity contribution >= 4 is 0 Å². The van der Waals surface area contributed by atoms with E-state index in [0.717, 1.165) is 12.5 Å². The zero-order valence-electron chi connectivity index (χ0n) is 8.01. The Morgan fingerprint density at radius 3 is 2.47 bits per heavy atom. The van der Waals surface area contributed by atoms with Crippen LogP contribution in [0, 0.1) is 0 Å². The Hall–Kier alpha value is -1.10. The average Bonchev–Trinajstić information content (AvgIpc) is 2.13. The molecule has 0 atom stereocenters. The molecule has 0 aromatic carbocycles. The summed E-state index contributed by atoms with van der Waals surface area (Å²) in [4.78, 5) is 3.79. The van der Waals surface area contributed by atoms with E-state index in [1.165, 1.54) is 12.3 Å². The van der Waals surface area contributed by atoms with Gasteiger partial charge in [0.2, 0.25) is 0 Å².